The van der Waals surface area contributed by atoms with Crippen molar-refractivity contribution in [2.24, 2.45) is 0 Å². The molecule has 1 N–H and O–H groups in total. The van der Waals surface area contributed by atoms with Gasteiger partial charge >= 0.3 is 6.18 Å². The van der Waals surface area contributed by atoms with Gasteiger partial charge in [0.1, 0.15) is 5.01 Å². The Morgan fingerprint density at radius 1 is 1.35 bits per heavy atom. The molecule has 0 radical (unpaired) electrons. The molecule has 0 aliphatic carbocycles. The molecule has 17 heavy (non-hydrogen) atoms. The number of halogens is 3. The Balaban J connectivity index is 2.23. The molecule has 0 aliphatic rings. The first-order valence-electron chi connectivity index (χ1n) is 5.01. The van der Waals surface area contributed by atoms with E-state index in [-0.39, 0.29) is 4.96 Å². The summed E-state index contributed by atoms with van der Waals surface area (Å²) in [7, 11) is 0. The standard InChI is InChI=1S/C8H10F3N5S/c1-2-3-12-4-5-15-16-6(8(9,10)11)13-14-7(16)17-5/h12H,2-4H2,1H3. The van der Waals surface area contributed by atoms with Gasteiger partial charge in [-0.2, -0.15) is 22.8 Å². The second-order valence-electron chi connectivity index (χ2n) is 3.39. The Kier molecular flexibility index (Phi) is 3.29. The van der Waals surface area contributed by atoms with Gasteiger partial charge in [-0.3, -0.25) is 0 Å². The largest absolute Gasteiger partial charge is 0.453 e. The highest BCUT2D eigenvalue weighted by Crippen LogP contribution is 2.28. The number of alkyl halides is 3. The molecule has 0 bridgehead atoms. The van der Waals surface area contributed by atoms with Crippen LogP contribution in [0.3, 0.4) is 0 Å². The Morgan fingerprint density at radius 3 is 2.76 bits per heavy atom. The second kappa shape index (κ2) is 4.57. The number of fused-ring (bicyclic) bond motifs is 1. The molecule has 2 rings (SSSR count). The smallest absolute Gasteiger partial charge is 0.310 e. The minimum absolute atomic E-state index is 0.158. The van der Waals surface area contributed by atoms with Gasteiger partial charge in [-0.15, -0.1) is 10.2 Å². The Morgan fingerprint density at radius 2 is 2.12 bits per heavy atom. The average molecular weight is 265 g/mol. The molecule has 2 aromatic heterocycles. The van der Waals surface area contributed by atoms with Crippen LogP contribution < -0.4 is 5.32 Å². The van der Waals surface area contributed by atoms with E-state index < -0.39 is 12.0 Å². The van der Waals surface area contributed by atoms with E-state index in [4.69, 9.17) is 0 Å². The minimum atomic E-state index is -4.53. The van der Waals surface area contributed by atoms with Crippen LogP contribution in [0, 0.1) is 0 Å². The van der Waals surface area contributed by atoms with Gasteiger partial charge in [0.25, 0.3) is 5.82 Å². The monoisotopic (exact) mass is 265 g/mol. The predicted molar refractivity (Wildman–Crippen MR) is 55.7 cm³/mol. The van der Waals surface area contributed by atoms with E-state index in [0.717, 1.165) is 28.8 Å². The molecule has 0 unspecified atom stereocenters. The van der Waals surface area contributed by atoms with E-state index in [1.165, 1.54) is 0 Å². The zero-order valence-electron chi connectivity index (χ0n) is 8.95. The molecule has 0 spiro atoms. The third kappa shape index (κ3) is 2.55. The van der Waals surface area contributed by atoms with Gasteiger partial charge < -0.3 is 5.32 Å². The zero-order valence-corrected chi connectivity index (χ0v) is 9.77. The maximum absolute atomic E-state index is 12.5. The summed E-state index contributed by atoms with van der Waals surface area (Å²) < 4.78 is 38.2. The summed E-state index contributed by atoms with van der Waals surface area (Å²) >= 11 is 1.10. The summed E-state index contributed by atoms with van der Waals surface area (Å²) in [5.41, 5.74) is 0. The number of rotatable bonds is 4. The first-order valence-corrected chi connectivity index (χ1v) is 5.83. The van der Waals surface area contributed by atoms with Crippen LogP contribution in [0.1, 0.15) is 24.2 Å². The van der Waals surface area contributed by atoms with Crippen molar-refractivity contribution in [2.75, 3.05) is 6.54 Å². The van der Waals surface area contributed by atoms with E-state index in [1.807, 2.05) is 6.92 Å². The van der Waals surface area contributed by atoms with Crippen LogP contribution in [0.5, 0.6) is 0 Å². The van der Waals surface area contributed by atoms with Crippen LogP contribution in [0.15, 0.2) is 0 Å². The highest BCUT2D eigenvalue weighted by atomic mass is 32.1. The summed E-state index contributed by atoms with van der Waals surface area (Å²) in [5.74, 6) is -1.08. The molecule has 0 saturated heterocycles. The van der Waals surface area contributed by atoms with E-state index >= 15 is 0 Å². The molecule has 0 atom stereocenters. The Labute approximate surface area is 98.7 Å². The number of aromatic nitrogens is 4. The molecular formula is C8H10F3N5S. The first kappa shape index (κ1) is 12.2. The SMILES string of the molecule is CCCNCc1nn2c(C(F)(F)F)nnc2s1. The summed E-state index contributed by atoms with van der Waals surface area (Å²) in [6.07, 6.45) is -3.57. The Hall–Kier alpha value is -1.22. The maximum Gasteiger partial charge on any atom is 0.453 e. The third-order valence-corrected chi connectivity index (χ3v) is 2.89. The van der Waals surface area contributed by atoms with Crippen molar-refractivity contribution >= 4 is 16.3 Å². The van der Waals surface area contributed by atoms with Crippen molar-refractivity contribution in [1.82, 2.24) is 25.1 Å². The predicted octanol–water partition coefficient (Wildman–Crippen LogP) is 1.70. The lowest BCUT2D eigenvalue weighted by Gasteiger charge is -2.00. The lowest BCUT2D eigenvalue weighted by atomic mass is 10.5. The van der Waals surface area contributed by atoms with Crippen molar-refractivity contribution in [3.05, 3.63) is 10.8 Å². The molecule has 0 aromatic carbocycles. The van der Waals surface area contributed by atoms with Gasteiger partial charge in [-0.05, 0) is 13.0 Å². The third-order valence-electron chi connectivity index (χ3n) is 1.99. The summed E-state index contributed by atoms with van der Waals surface area (Å²) in [6, 6.07) is 0. The lowest BCUT2D eigenvalue weighted by molar-refractivity contribution is -0.146. The first-order chi connectivity index (χ1) is 8.02. The number of hydrogen-bond donors (Lipinski definition) is 1. The van der Waals surface area contributed by atoms with Gasteiger partial charge in [0.05, 0.1) is 0 Å². The van der Waals surface area contributed by atoms with Crippen molar-refractivity contribution < 1.29 is 13.2 Å². The lowest BCUT2D eigenvalue weighted by Crippen LogP contribution is -2.15. The van der Waals surface area contributed by atoms with E-state index in [1.54, 1.807) is 0 Å². The quantitative estimate of drug-likeness (QED) is 0.855. The zero-order chi connectivity index (χ0) is 12.5. The van der Waals surface area contributed by atoms with Crippen LogP contribution in [0.2, 0.25) is 0 Å². The van der Waals surface area contributed by atoms with Crippen LogP contribution in [-0.4, -0.2) is 26.4 Å². The molecule has 94 valence electrons. The second-order valence-corrected chi connectivity index (χ2v) is 4.43. The van der Waals surface area contributed by atoms with Crippen molar-refractivity contribution in [3.8, 4) is 0 Å². The fourth-order valence-corrected chi connectivity index (χ4v) is 2.08. The van der Waals surface area contributed by atoms with Crippen LogP contribution in [-0.2, 0) is 12.7 Å². The summed E-state index contributed by atoms with van der Waals surface area (Å²) in [5, 5.41) is 14.0. The van der Waals surface area contributed by atoms with E-state index in [0.29, 0.717) is 11.6 Å². The molecule has 2 heterocycles. The summed E-state index contributed by atoms with van der Waals surface area (Å²) in [4.78, 5) is 0.158. The molecule has 0 fully saturated rings. The van der Waals surface area contributed by atoms with Crippen molar-refractivity contribution in [2.45, 2.75) is 26.1 Å². The van der Waals surface area contributed by atoms with Gasteiger partial charge in [-0.25, -0.2) is 0 Å². The molecule has 0 amide bonds. The number of hydrogen-bond acceptors (Lipinski definition) is 5. The number of nitrogens with one attached hydrogen (secondary N) is 1. The van der Waals surface area contributed by atoms with Gasteiger partial charge in [-0.1, -0.05) is 18.3 Å². The highest BCUT2D eigenvalue weighted by Gasteiger charge is 2.38. The topological polar surface area (TPSA) is 55.1 Å². The van der Waals surface area contributed by atoms with Gasteiger partial charge in [0.15, 0.2) is 0 Å². The fourth-order valence-electron chi connectivity index (χ4n) is 1.28. The van der Waals surface area contributed by atoms with Crippen molar-refractivity contribution in [3.63, 3.8) is 0 Å². The normalized spacial score (nSPS) is 12.5. The van der Waals surface area contributed by atoms with Crippen molar-refractivity contribution in [1.29, 1.82) is 0 Å². The molecular weight excluding hydrogens is 255 g/mol. The number of nitrogens with zero attached hydrogens (tertiary/aromatic N) is 4. The van der Waals surface area contributed by atoms with Gasteiger partial charge in [0, 0.05) is 6.54 Å². The molecule has 0 saturated carbocycles. The Bertz CT molecular complexity index is 503. The molecule has 0 aliphatic heterocycles. The molecule has 5 nitrogen and oxygen atoms in total. The van der Waals surface area contributed by atoms with Crippen LogP contribution >= 0.6 is 11.3 Å². The summed E-state index contributed by atoms with van der Waals surface area (Å²) in [6.45, 7) is 3.25. The highest BCUT2D eigenvalue weighted by molar-refractivity contribution is 7.16. The van der Waals surface area contributed by atoms with Crippen LogP contribution in [0.4, 0.5) is 13.2 Å². The minimum Gasteiger partial charge on any atom is -0.310 e. The van der Waals surface area contributed by atoms with E-state index in [2.05, 4.69) is 20.6 Å². The maximum atomic E-state index is 12.5. The van der Waals surface area contributed by atoms with Gasteiger partial charge in [0.2, 0.25) is 4.96 Å². The van der Waals surface area contributed by atoms with E-state index in [9.17, 15) is 13.2 Å². The molecule has 2 aromatic rings. The van der Waals surface area contributed by atoms with Crippen LogP contribution in [0.25, 0.3) is 4.96 Å². The fraction of sp³-hybridized carbons (Fsp3) is 0.625. The average Bonchev–Trinajstić information content (AvgIpc) is 2.74. The molecule has 9 heteroatoms.